The molecule has 1 fully saturated rings. The number of benzene rings is 1. The van der Waals surface area contributed by atoms with E-state index >= 15 is 0 Å². The smallest absolute Gasteiger partial charge is 0.339 e. The van der Waals surface area contributed by atoms with Crippen LogP contribution in [-0.2, 0) is 4.74 Å². The molecule has 1 aliphatic rings. The Morgan fingerprint density at radius 3 is 2.63 bits per heavy atom. The van der Waals surface area contributed by atoms with Crippen molar-refractivity contribution in [1.82, 2.24) is 4.90 Å². The molecule has 5 heteroatoms. The van der Waals surface area contributed by atoms with Crippen LogP contribution in [0.5, 0.6) is 0 Å². The van der Waals surface area contributed by atoms with Crippen LogP contribution < -0.4 is 5.32 Å². The van der Waals surface area contributed by atoms with Crippen molar-refractivity contribution in [2.24, 2.45) is 0 Å². The van der Waals surface area contributed by atoms with Crippen molar-refractivity contribution in [1.29, 1.82) is 0 Å². The van der Waals surface area contributed by atoms with Gasteiger partial charge in [-0.3, -0.25) is 0 Å². The molecule has 0 bridgehead atoms. The lowest BCUT2D eigenvalue weighted by Gasteiger charge is -2.29. The van der Waals surface area contributed by atoms with Gasteiger partial charge in [0.25, 0.3) is 0 Å². The number of para-hydroxylation sites is 1. The van der Waals surface area contributed by atoms with Gasteiger partial charge in [0.05, 0.1) is 18.4 Å². The maximum Gasteiger partial charge on any atom is 0.339 e. The van der Waals surface area contributed by atoms with Crippen LogP contribution in [0.3, 0.4) is 0 Å². The van der Waals surface area contributed by atoms with Gasteiger partial charge in [0, 0.05) is 13.1 Å². The third kappa shape index (κ3) is 3.44. The van der Waals surface area contributed by atoms with Gasteiger partial charge in [0.2, 0.25) is 0 Å². The molecule has 1 aliphatic heterocycles. The highest BCUT2D eigenvalue weighted by molar-refractivity contribution is 7.80. The van der Waals surface area contributed by atoms with E-state index in [2.05, 4.69) is 10.2 Å². The van der Waals surface area contributed by atoms with Crippen LogP contribution in [-0.4, -0.2) is 36.2 Å². The molecular formula is C14H18N2O2S. The van der Waals surface area contributed by atoms with E-state index < -0.39 is 0 Å². The number of ether oxygens (including phenoxy) is 1. The Hall–Kier alpha value is -1.62. The van der Waals surface area contributed by atoms with E-state index in [1.54, 1.807) is 12.1 Å². The molecule has 0 spiro atoms. The van der Waals surface area contributed by atoms with Crippen LogP contribution in [0.1, 0.15) is 29.6 Å². The van der Waals surface area contributed by atoms with E-state index in [-0.39, 0.29) is 5.97 Å². The summed E-state index contributed by atoms with van der Waals surface area (Å²) in [6.07, 6.45) is 3.60. The number of carbonyl (C=O) groups is 1. The van der Waals surface area contributed by atoms with E-state index in [0.29, 0.717) is 16.4 Å². The Morgan fingerprint density at radius 1 is 1.26 bits per heavy atom. The normalized spacial score (nSPS) is 14.9. The van der Waals surface area contributed by atoms with Crippen molar-refractivity contribution < 1.29 is 9.53 Å². The third-order valence-corrected chi connectivity index (χ3v) is 3.58. The van der Waals surface area contributed by atoms with Gasteiger partial charge in [0.1, 0.15) is 0 Å². The minimum atomic E-state index is -0.357. The fourth-order valence-corrected chi connectivity index (χ4v) is 2.46. The molecule has 1 N–H and O–H groups in total. The van der Waals surface area contributed by atoms with Gasteiger partial charge in [-0.25, -0.2) is 4.79 Å². The second-order valence-electron chi connectivity index (χ2n) is 4.52. The lowest BCUT2D eigenvalue weighted by Crippen LogP contribution is -2.38. The summed E-state index contributed by atoms with van der Waals surface area (Å²) in [6, 6.07) is 7.24. The predicted molar refractivity (Wildman–Crippen MR) is 79.4 cm³/mol. The van der Waals surface area contributed by atoms with E-state index in [1.165, 1.54) is 26.4 Å². The predicted octanol–water partition coefficient (Wildman–Crippen LogP) is 2.66. The quantitative estimate of drug-likeness (QED) is 0.665. The molecular weight excluding hydrogens is 260 g/mol. The summed E-state index contributed by atoms with van der Waals surface area (Å²) < 4.78 is 4.77. The maximum atomic E-state index is 11.7. The molecule has 0 unspecified atom stereocenters. The van der Waals surface area contributed by atoms with Gasteiger partial charge < -0.3 is 15.0 Å². The van der Waals surface area contributed by atoms with Crippen molar-refractivity contribution in [3.05, 3.63) is 29.8 Å². The third-order valence-electron chi connectivity index (χ3n) is 3.22. The second-order valence-corrected chi connectivity index (χ2v) is 4.90. The van der Waals surface area contributed by atoms with Crippen molar-refractivity contribution >= 4 is 29.0 Å². The molecule has 0 radical (unpaired) electrons. The number of hydrogen-bond acceptors (Lipinski definition) is 3. The molecule has 2 rings (SSSR count). The monoisotopic (exact) mass is 278 g/mol. The largest absolute Gasteiger partial charge is 0.465 e. The summed E-state index contributed by atoms with van der Waals surface area (Å²) in [7, 11) is 1.38. The van der Waals surface area contributed by atoms with Gasteiger partial charge in [-0.2, -0.15) is 0 Å². The lowest BCUT2D eigenvalue weighted by atomic mass is 10.1. The first kappa shape index (κ1) is 13.8. The summed E-state index contributed by atoms with van der Waals surface area (Å²) in [6.45, 7) is 1.96. The van der Waals surface area contributed by atoms with Gasteiger partial charge in [-0.1, -0.05) is 12.1 Å². The molecule has 102 valence electrons. The molecule has 0 atom stereocenters. The average Bonchev–Trinajstić information content (AvgIpc) is 2.48. The van der Waals surface area contributed by atoms with Gasteiger partial charge in [-0.05, 0) is 43.6 Å². The summed E-state index contributed by atoms with van der Waals surface area (Å²) >= 11 is 5.40. The molecule has 0 saturated carbocycles. The lowest BCUT2D eigenvalue weighted by molar-refractivity contribution is 0.0602. The zero-order valence-corrected chi connectivity index (χ0v) is 11.8. The van der Waals surface area contributed by atoms with Crippen LogP contribution in [0.2, 0.25) is 0 Å². The fraction of sp³-hybridized carbons (Fsp3) is 0.429. The van der Waals surface area contributed by atoms with Crippen molar-refractivity contribution in [3.63, 3.8) is 0 Å². The summed E-state index contributed by atoms with van der Waals surface area (Å²) in [5.41, 5.74) is 1.20. The Labute approximate surface area is 118 Å². The number of likely N-dealkylation sites (tertiary alicyclic amines) is 1. The van der Waals surface area contributed by atoms with E-state index in [9.17, 15) is 4.79 Å². The van der Waals surface area contributed by atoms with Gasteiger partial charge in [0.15, 0.2) is 5.11 Å². The zero-order chi connectivity index (χ0) is 13.7. The first-order valence-electron chi connectivity index (χ1n) is 6.45. The standard InChI is InChI=1S/C14H18N2O2S/c1-18-13(17)11-7-3-4-8-12(11)15-14(19)16-9-5-2-6-10-16/h3-4,7-8H,2,5-6,9-10H2,1H3,(H,15,19). The Bertz CT molecular complexity index is 470. The molecule has 1 heterocycles. The maximum absolute atomic E-state index is 11.7. The molecule has 19 heavy (non-hydrogen) atoms. The Morgan fingerprint density at radius 2 is 1.95 bits per heavy atom. The first-order valence-corrected chi connectivity index (χ1v) is 6.86. The number of thiocarbonyl (C=S) groups is 1. The van der Waals surface area contributed by atoms with Crippen molar-refractivity contribution in [3.8, 4) is 0 Å². The summed E-state index contributed by atoms with van der Waals surface area (Å²) in [5.74, 6) is -0.357. The number of piperidine rings is 1. The number of anilines is 1. The van der Waals surface area contributed by atoms with Crippen molar-refractivity contribution in [2.45, 2.75) is 19.3 Å². The Kier molecular flexibility index (Phi) is 4.74. The molecule has 0 amide bonds. The van der Waals surface area contributed by atoms with E-state index in [1.807, 2.05) is 12.1 Å². The van der Waals surface area contributed by atoms with E-state index in [4.69, 9.17) is 17.0 Å². The van der Waals surface area contributed by atoms with Crippen LogP contribution in [0.25, 0.3) is 0 Å². The van der Waals surface area contributed by atoms with Crippen LogP contribution in [0.4, 0.5) is 5.69 Å². The van der Waals surface area contributed by atoms with Crippen LogP contribution >= 0.6 is 12.2 Å². The number of carbonyl (C=O) groups excluding carboxylic acids is 1. The molecule has 0 aromatic heterocycles. The second kappa shape index (κ2) is 6.52. The molecule has 1 saturated heterocycles. The average molecular weight is 278 g/mol. The topological polar surface area (TPSA) is 41.6 Å². The highest BCUT2D eigenvalue weighted by Crippen LogP contribution is 2.18. The summed E-state index contributed by atoms with van der Waals surface area (Å²) in [5, 5.41) is 3.83. The number of methoxy groups -OCH3 is 1. The summed E-state index contributed by atoms with van der Waals surface area (Å²) in [4.78, 5) is 13.8. The molecule has 4 nitrogen and oxygen atoms in total. The van der Waals surface area contributed by atoms with Gasteiger partial charge in [-0.15, -0.1) is 0 Å². The first-order chi connectivity index (χ1) is 9.22. The van der Waals surface area contributed by atoms with E-state index in [0.717, 1.165) is 13.1 Å². The number of nitrogens with one attached hydrogen (secondary N) is 1. The van der Waals surface area contributed by atoms with Crippen LogP contribution in [0.15, 0.2) is 24.3 Å². The molecule has 0 aliphatic carbocycles. The van der Waals surface area contributed by atoms with Crippen LogP contribution in [0, 0.1) is 0 Å². The highest BCUT2D eigenvalue weighted by Gasteiger charge is 2.16. The highest BCUT2D eigenvalue weighted by atomic mass is 32.1. The molecule has 1 aromatic rings. The molecule has 1 aromatic carbocycles. The number of nitrogens with zero attached hydrogens (tertiary/aromatic N) is 1. The Balaban J connectivity index is 2.09. The SMILES string of the molecule is COC(=O)c1ccccc1NC(=S)N1CCCCC1. The number of esters is 1. The fourth-order valence-electron chi connectivity index (χ4n) is 2.17. The number of rotatable bonds is 2. The van der Waals surface area contributed by atoms with Gasteiger partial charge >= 0.3 is 5.97 Å². The number of hydrogen-bond donors (Lipinski definition) is 1. The van der Waals surface area contributed by atoms with Crippen molar-refractivity contribution in [2.75, 3.05) is 25.5 Å². The minimum absolute atomic E-state index is 0.357. The zero-order valence-electron chi connectivity index (χ0n) is 11.0. The minimum Gasteiger partial charge on any atom is -0.465 e.